The molecule has 2 heterocycles. The molecule has 0 unspecified atom stereocenters. The monoisotopic (exact) mass is 237 g/mol. The molecule has 0 aromatic carbocycles. The summed E-state index contributed by atoms with van der Waals surface area (Å²) in [6.07, 6.45) is 4.36. The first kappa shape index (κ1) is 12.6. The third-order valence-electron chi connectivity index (χ3n) is 3.48. The van der Waals surface area contributed by atoms with Crippen LogP contribution in [0.25, 0.3) is 0 Å². The van der Waals surface area contributed by atoms with E-state index in [0.717, 1.165) is 44.6 Å². The normalized spacial score (nSPS) is 17.5. The highest BCUT2D eigenvalue weighted by Gasteiger charge is 2.16. The quantitative estimate of drug-likeness (QED) is 0.847. The first-order chi connectivity index (χ1) is 8.31. The molecule has 4 heteroatoms. The Morgan fingerprint density at radius 3 is 2.94 bits per heavy atom. The maximum absolute atomic E-state index is 5.41. The van der Waals surface area contributed by atoms with Gasteiger partial charge in [0.1, 0.15) is 5.82 Å². The molecule has 0 spiro atoms. The Balaban J connectivity index is 1.99. The minimum atomic E-state index is 0.747. The molecule has 96 valence electrons. The zero-order chi connectivity index (χ0) is 12.1. The minimum absolute atomic E-state index is 0.747. The molecule has 4 nitrogen and oxygen atoms in total. The van der Waals surface area contributed by atoms with E-state index in [-0.39, 0.29) is 0 Å². The van der Waals surface area contributed by atoms with Crippen molar-refractivity contribution in [1.29, 1.82) is 0 Å². The van der Waals surface area contributed by atoms with Gasteiger partial charge in [0, 0.05) is 32.5 Å². The highest BCUT2D eigenvalue weighted by atomic mass is 16.5. The van der Waals surface area contributed by atoms with Gasteiger partial charge in [0.15, 0.2) is 0 Å². The van der Waals surface area contributed by atoms with E-state index in [0.29, 0.717) is 0 Å². The maximum Gasteiger partial charge on any atom is 0.105 e. The van der Waals surface area contributed by atoms with Crippen molar-refractivity contribution in [3.05, 3.63) is 17.7 Å². The molecule has 1 fully saturated rings. The number of aryl methyl sites for hydroxylation is 1. The van der Waals surface area contributed by atoms with Crippen LogP contribution in [-0.4, -0.2) is 29.3 Å². The van der Waals surface area contributed by atoms with E-state index in [4.69, 9.17) is 4.74 Å². The van der Waals surface area contributed by atoms with E-state index in [2.05, 4.69) is 28.7 Å². The molecule has 0 amide bonds. The second-order valence-corrected chi connectivity index (χ2v) is 4.74. The van der Waals surface area contributed by atoms with Crippen LogP contribution in [0.2, 0.25) is 0 Å². The van der Waals surface area contributed by atoms with Crippen molar-refractivity contribution in [2.75, 3.05) is 19.8 Å². The zero-order valence-corrected chi connectivity index (χ0v) is 10.9. The van der Waals surface area contributed by atoms with Crippen molar-refractivity contribution in [2.24, 2.45) is 5.92 Å². The van der Waals surface area contributed by atoms with E-state index < -0.39 is 0 Å². The zero-order valence-electron chi connectivity index (χ0n) is 10.9. The smallest absolute Gasteiger partial charge is 0.105 e. The maximum atomic E-state index is 5.41. The number of ether oxygens (including phenoxy) is 1. The Labute approximate surface area is 103 Å². The lowest BCUT2D eigenvalue weighted by atomic mass is 10.0. The molecule has 17 heavy (non-hydrogen) atoms. The van der Waals surface area contributed by atoms with Gasteiger partial charge in [-0.25, -0.2) is 4.98 Å². The van der Waals surface area contributed by atoms with Gasteiger partial charge in [-0.2, -0.15) is 0 Å². The first-order valence-electron chi connectivity index (χ1n) is 6.60. The molecule has 1 aliphatic rings. The summed E-state index contributed by atoms with van der Waals surface area (Å²) in [7, 11) is 0. The molecule has 0 bridgehead atoms. The molecule has 1 aromatic heterocycles. The van der Waals surface area contributed by atoms with Crippen molar-refractivity contribution < 1.29 is 4.74 Å². The van der Waals surface area contributed by atoms with Crippen molar-refractivity contribution in [1.82, 2.24) is 14.9 Å². The van der Waals surface area contributed by atoms with Crippen LogP contribution in [-0.2, 0) is 17.8 Å². The Morgan fingerprint density at radius 2 is 2.24 bits per heavy atom. The number of hydrogen-bond acceptors (Lipinski definition) is 3. The summed E-state index contributed by atoms with van der Waals surface area (Å²) in [5.74, 6) is 1.88. The summed E-state index contributed by atoms with van der Waals surface area (Å²) in [4.78, 5) is 4.43. The van der Waals surface area contributed by atoms with Gasteiger partial charge >= 0.3 is 0 Å². The number of aromatic nitrogens is 2. The van der Waals surface area contributed by atoms with Crippen LogP contribution in [0, 0.1) is 12.8 Å². The van der Waals surface area contributed by atoms with Gasteiger partial charge in [-0.05, 0) is 32.2 Å². The van der Waals surface area contributed by atoms with Crippen molar-refractivity contribution in [2.45, 2.75) is 39.8 Å². The number of hydrogen-bond donors (Lipinski definition) is 1. The standard InChI is InChI=1S/C13H23N3O/c1-3-14-8-13-9-15-11(2)16(13)10-12-4-6-17-7-5-12/h9,12,14H,3-8,10H2,1-2H3. The predicted molar refractivity (Wildman–Crippen MR) is 67.9 cm³/mol. The third kappa shape index (κ3) is 3.30. The molecule has 2 rings (SSSR count). The van der Waals surface area contributed by atoms with Gasteiger partial charge in [0.25, 0.3) is 0 Å². The minimum Gasteiger partial charge on any atom is -0.381 e. The van der Waals surface area contributed by atoms with Crippen LogP contribution >= 0.6 is 0 Å². The molecule has 1 aliphatic heterocycles. The molecular formula is C13H23N3O. The summed E-state index contributed by atoms with van der Waals surface area (Å²) in [6.45, 7) is 9.07. The lowest BCUT2D eigenvalue weighted by Gasteiger charge is -2.24. The summed E-state index contributed by atoms with van der Waals surface area (Å²) in [6, 6.07) is 0. The Hall–Kier alpha value is -0.870. The third-order valence-corrected chi connectivity index (χ3v) is 3.48. The largest absolute Gasteiger partial charge is 0.381 e. The van der Waals surface area contributed by atoms with Gasteiger partial charge in [0.2, 0.25) is 0 Å². The van der Waals surface area contributed by atoms with E-state index in [9.17, 15) is 0 Å². The first-order valence-corrected chi connectivity index (χ1v) is 6.60. The van der Waals surface area contributed by atoms with Gasteiger partial charge < -0.3 is 14.6 Å². The van der Waals surface area contributed by atoms with Crippen molar-refractivity contribution in [3.63, 3.8) is 0 Å². The van der Waals surface area contributed by atoms with Crippen LogP contribution in [0.3, 0.4) is 0 Å². The van der Waals surface area contributed by atoms with E-state index in [1.165, 1.54) is 18.5 Å². The van der Waals surface area contributed by atoms with Gasteiger partial charge in [0.05, 0.1) is 5.69 Å². The molecule has 0 aliphatic carbocycles. The highest BCUT2D eigenvalue weighted by Crippen LogP contribution is 2.19. The highest BCUT2D eigenvalue weighted by molar-refractivity contribution is 5.04. The Morgan fingerprint density at radius 1 is 1.47 bits per heavy atom. The molecule has 1 N–H and O–H groups in total. The molecule has 0 atom stereocenters. The number of nitrogens with zero attached hydrogens (tertiary/aromatic N) is 2. The van der Waals surface area contributed by atoms with Crippen LogP contribution < -0.4 is 5.32 Å². The van der Waals surface area contributed by atoms with Crippen molar-refractivity contribution >= 4 is 0 Å². The van der Waals surface area contributed by atoms with Crippen LogP contribution in [0.4, 0.5) is 0 Å². The number of nitrogens with one attached hydrogen (secondary N) is 1. The molecule has 0 radical (unpaired) electrons. The second kappa shape index (κ2) is 6.17. The van der Waals surface area contributed by atoms with E-state index >= 15 is 0 Å². The van der Waals surface area contributed by atoms with Gasteiger partial charge in [-0.3, -0.25) is 0 Å². The SMILES string of the molecule is CCNCc1cnc(C)n1CC1CCOCC1. The molecule has 1 saturated heterocycles. The molecular weight excluding hydrogens is 214 g/mol. The van der Waals surface area contributed by atoms with Gasteiger partial charge in [-0.1, -0.05) is 6.92 Å². The lowest BCUT2D eigenvalue weighted by Crippen LogP contribution is -2.23. The van der Waals surface area contributed by atoms with E-state index in [1.54, 1.807) is 0 Å². The fourth-order valence-electron chi connectivity index (χ4n) is 2.35. The summed E-state index contributed by atoms with van der Waals surface area (Å²) >= 11 is 0. The second-order valence-electron chi connectivity index (χ2n) is 4.74. The summed E-state index contributed by atoms with van der Waals surface area (Å²) < 4.78 is 7.77. The van der Waals surface area contributed by atoms with Crippen molar-refractivity contribution in [3.8, 4) is 0 Å². The number of imidazole rings is 1. The average Bonchev–Trinajstić information content (AvgIpc) is 2.70. The molecule has 1 aromatic rings. The Bertz CT molecular complexity index is 342. The Kier molecular flexibility index (Phi) is 4.57. The van der Waals surface area contributed by atoms with Crippen LogP contribution in [0.15, 0.2) is 6.20 Å². The lowest BCUT2D eigenvalue weighted by molar-refractivity contribution is 0.0608. The van der Waals surface area contributed by atoms with E-state index in [1.807, 2.05) is 6.20 Å². The average molecular weight is 237 g/mol. The van der Waals surface area contributed by atoms with Gasteiger partial charge in [-0.15, -0.1) is 0 Å². The number of rotatable bonds is 5. The molecule has 0 saturated carbocycles. The van der Waals surface area contributed by atoms with Crippen LogP contribution in [0.5, 0.6) is 0 Å². The fraction of sp³-hybridized carbons (Fsp3) is 0.769. The predicted octanol–water partition coefficient (Wildman–Crippen LogP) is 1.73. The fourth-order valence-corrected chi connectivity index (χ4v) is 2.35. The topological polar surface area (TPSA) is 39.1 Å². The summed E-state index contributed by atoms with van der Waals surface area (Å²) in [5.41, 5.74) is 1.30. The summed E-state index contributed by atoms with van der Waals surface area (Å²) in [5, 5.41) is 3.37. The van der Waals surface area contributed by atoms with Crippen LogP contribution in [0.1, 0.15) is 31.3 Å².